The Morgan fingerprint density at radius 3 is 2.72 bits per heavy atom. The van der Waals surface area contributed by atoms with Crippen molar-refractivity contribution in [3.8, 4) is 5.75 Å². The fourth-order valence-corrected chi connectivity index (χ4v) is 2.92. The molecule has 0 saturated carbocycles. The number of rotatable bonds is 7. The summed E-state index contributed by atoms with van der Waals surface area (Å²) in [5.74, 6) is 0.882. The van der Waals surface area contributed by atoms with Gasteiger partial charge in [0.2, 0.25) is 0 Å². The molecule has 0 saturated heterocycles. The van der Waals surface area contributed by atoms with E-state index in [4.69, 9.17) is 4.74 Å². The van der Waals surface area contributed by atoms with Crippen LogP contribution < -0.4 is 15.4 Å². The summed E-state index contributed by atoms with van der Waals surface area (Å²) in [6.07, 6.45) is 2.50. The van der Waals surface area contributed by atoms with Gasteiger partial charge in [-0.2, -0.15) is 0 Å². The summed E-state index contributed by atoms with van der Waals surface area (Å²) in [5.41, 5.74) is 0.962. The molecule has 3 aromatic rings. The van der Waals surface area contributed by atoms with E-state index >= 15 is 0 Å². The van der Waals surface area contributed by atoms with Crippen molar-refractivity contribution in [1.82, 2.24) is 15.6 Å². The average molecular weight is 508 g/mol. The van der Waals surface area contributed by atoms with E-state index in [-0.39, 0.29) is 35.9 Å². The minimum absolute atomic E-state index is 0. The number of nitrogens with one attached hydrogen (secondary N) is 2. The van der Waals surface area contributed by atoms with Gasteiger partial charge in [0.05, 0.1) is 18.8 Å². The number of guanidine groups is 1. The third-order valence-corrected chi connectivity index (χ3v) is 4.45. The molecule has 0 aliphatic carbocycles. The maximum atomic E-state index is 13.3. The molecule has 1 atom stereocenters. The Morgan fingerprint density at radius 2 is 1.97 bits per heavy atom. The van der Waals surface area contributed by atoms with Crippen LogP contribution in [0.4, 0.5) is 4.39 Å². The van der Waals surface area contributed by atoms with Crippen LogP contribution in [0.15, 0.2) is 65.8 Å². The topological polar surface area (TPSA) is 58.5 Å². The number of hydrogen-bond acceptors (Lipinski definition) is 3. The lowest BCUT2D eigenvalue weighted by Crippen LogP contribution is -2.42. The zero-order valence-corrected chi connectivity index (χ0v) is 18.9. The minimum Gasteiger partial charge on any atom is -0.489 e. The largest absolute Gasteiger partial charge is 0.489 e. The molecule has 0 aliphatic rings. The first-order valence-electron chi connectivity index (χ1n) is 9.39. The molecule has 1 aromatic heterocycles. The van der Waals surface area contributed by atoms with Crippen molar-refractivity contribution < 1.29 is 9.13 Å². The Hall–Kier alpha value is -2.42. The van der Waals surface area contributed by atoms with Gasteiger partial charge in [-0.05, 0) is 30.0 Å². The van der Waals surface area contributed by atoms with Crippen LogP contribution in [-0.2, 0) is 6.54 Å². The van der Waals surface area contributed by atoms with Crippen molar-refractivity contribution in [2.45, 2.75) is 26.0 Å². The van der Waals surface area contributed by atoms with E-state index in [1.54, 1.807) is 19.2 Å². The maximum absolute atomic E-state index is 13.3. The molecule has 0 radical (unpaired) electrons. The molecule has 0 bridgehead atoms. The number of benzene rings is 2. The number of aromatic nitrogens is 1. The highest BCUT2D eigenvalue weighted by molar-refractivity contribution is 14.0. The number of aliphatic imine (C=N–C) groups is 1. The summed E-state index contributed by atoms with van der Waals surface area (Å²) in [6.45, 7) is 3.14. The van der Waals surface area contributed by atoms with Crippen molar-refractivity contribution in [3.63, 3.8) is 0 Å². The highest BCUT2D eigenvalue weighted by Crippen LogP contribution is 2.16. The van der Waals surface area contributed by atoms with Gasteiger partial charge in [-0.25, -0.2) is 4.39 Å². The number of fused-ring (bicyclic) bond motifs is 1. The molecule has 0 fully saturated rings. The Balaban J connectivity index is 0.00000300. The number of halogens is 2. The van der Waals surface area contributed by atoms with Crippen molar-refractivity contribution in [1.29, 1.82) is 0 Å². The third-order valence-electron chi connectivity index (χ3n) is 4.45. The lowest BCUT2D eigenvalue weighted by atomic mass is 10.1. The molecule has 154 valence electrons. The molecule has 7 heteroatoms. The van der Waals surface area contributed by atoms with Crippen LogP contribution in [-0.4, -0.2) is 30.6 Å². The fourth-order valence-electron chi connectivity index (χ4n) is 2.92. The van der Waals surface area contributed by atoms with Crippen LogP contribution in [0.5, 0.6) is 5.75 Å². The minimum atomic E-state index is -0.305. The van der Waals surface area contributed by atoms with E-state index in [1.807, 2.05) is 31.3 Å². The highest BCUT2D eigenvalue weighted by Gasteiger charge is 2.10. The molecule has 3 rings (SSSR count). The van der Waals surface area contributed by atoms with E-state index in [0.29, 0.717) is 24.8 Å². The lowest BCUT2D eigenvalue weighted by Gasteiger charge is -2.20. The number of hydrogen-bond donors (Lipinski definition) is 2. The molecule has 2 N–H and O–H groups in total. The standard InChI is InChI=1S/C22H25FN4O.HI/c1-3-18(28-19-9-6-8-17(23)13-19)14-26-22(24-2)27-15-21-20-10-5-4-7-16(20)11-12-25-21;/h4-13,18H,3,14-15H2,1-2H3,(H2,24,26,27);1H. The van der Waals surface area contributed by atoms with E-state index in [0.717, 1.165) is 22.9 Å². The van der Waals surface area contributed by atoms with Crippen LogP contribution in [0, 0.1) is 5.82 Å². The molecule has 0 amide bonds. The summed E-state index contributed by atoms with van der Waals surface area (Å²) in [5, 5.41) is 8.84. The van der Waals surface area contributed by atoms with Gasteiger partial charge in [0.25, 0.3) is 0 Å². The molecular weight excluding hydrogens is 482 g/mol. The first-order valence-corrected chi connectivity index (χ1v) is 9.39. The maximum Gasteiger partial charge on any atom is 0.191 e. The van der Waals surface area contributed by atoms with Gasteiger partial charge < -0.3 is 15.4 Å². The number of pyridine rings is 1. The predicted molar refractivity (Wildman–Crippen MR) is 126 cm³/mol. The first kappa shape index (κ1) is 22.9. The van der Waals surface area contributed by atoms with Crippen LogP contribution in [0.2, 0.25) is 0 Å². The van der Waals surface area contributed by atoms with Gasteiger partial charge in [0.15, 0.2) is 5.96 Å². The molecule has 29 heavy (non-hydrogen) atoms. The highest BCUT2D eigenvalue weighted by atomic mass is 127. The van der Waals surface area contributed by atoms with Crippen LogP contribution in [0.25, 0.3) is 10.8 Å². The van der Waals surface area contributed by atoms with Crippen molar-refractivity contribution in [2.75, 3.05) is 13.6 Å². The summed E-state index contributed by atoms with van der Waals surface area (Å²) < 4.78 is 19.2. The van der Waals surface area contributed by atoms with Crippen molar-refractivity contribution >= 4 is 40.7 Å². The van der Waals surface area contributed by atoms with Gasteiger partial charge in [0.1, 0.15) is 17.7 Å². The Kier molecular flexibility index (Phi) is 9.11. The Morgan fingerprint density at radius 1 is 1.14 bits per heavy atom. The summed E-state index contributed by atoms with van der Waals surface area (Å²) >= 11 is 0. The van der Waals surface area contributed by atoms with Crippen molar-refractivity contribution in [3.05, 3.63) is 72.3 Å². The van der Waals surface area contributed by atoms with Crippen LogP contribution in [0.1, 0.15) is 19.0 Å². The smallest absolute Gasteiger partial charge is 0.191 e. The normalized spacial score (nSPS) is 12.2. The number of nitrogens with zero attached hydrogens (tertiary/aromatic N) is 2. The van der Waals surface area contributed by atoms with E-state index in [2.05, 4.69) is 32.7 Å². The molecule has 5 nitrogen and oxygen atoms in total. The Labute approximate surface area is 187 Å². The zero-order chi connectivity index (χ0) is 19.8. The molecule has 2 aromatic carbocycles. The number of ether oxygens (including phenoxy) is 1. The third kappa shape index (κ3) is 6.56. The van der Waals surface area contributed by atoms with E-state index in [9.17, 15) is 4.39 Å². The van der Waals surface area contributed by atoms with E-state index < -0.39 is 0 Å². The second-order valence-corrected chi connectivity index (χ2v) is 6.39. The Bertz CT molecular complexity index is 946. The summed E-state index contributed by atoms with van der Waals surface area (Å²) in [4.78, 5) is 8.74. The van der Waals surface area contributed by atoms with Gasteiger partial charge in [-0.3, -0.25) is 9.98 Å². The van der Waals surface area contributed by atoms with Crippen molar-refractivity contribution in [2.24, 2.45) is 4.99 Å². The monoisotopic (exact) mass is 508 g/mol. The van der Waals surface area contributed by atoms with Gasteiger partial charge in [-0.15, -0.1) is 24.0 Å². The summed E-state index contributed by atoms with van der Waals surface area (Å²) in [6, 6.07) is 16.4. The predicted octanol–water partition coefficient (Wildman–Crippen LogP) is 4.51. The van der Waals surface area contributed by atoms with Crippen LogP contribution >= 0.6 is 24.0 Å². The van der Waals surface area contributed by atoms with Crippen LogP contribution in [0.3, 0.4) is 0 Å². The van der Waals surface area contributed by atoms with Gasteiger partial charge in [0, 0.05) is 24.7 Å². The van der Waals surface area contributed by atoms with Gasteiger partial charge in [-0.1, -0.05) is 37.3 Å². The first-order chi connectivity index (χ1) is 13.7. The fraction of sp³-hybridized carbons (Fsp3) is 0.273. The second-order valence-electron chi connectivity index (χ2n) is 6.39. The lowest BCUT2D eigenvalue weighted by molar-refractivity contribution is 0.198. The molecular formula is C22H26FIN4O. The average Bonchev–Trinajstić information content (AvgIpc) is 2.73. The molecule has 1 unspecified atom stereocenters. The van der Waals surface area contributed by atoms with Gasteiger partial charge >= 0.3 is 0 Å². The summed E-state index contributed by atoms with van der Waals surface area (Å²) in [7, 11) is 1.72. The molecule has 1 heterocycles. The zero-order valence-electron chi connectivity index (χ0n) is 16.6. The second kappa shape index (κ2) is 11.5. The SMILES string of the molecule is CCC(CNC(=NC)NCc1nccc2ccccc12)Oc1cccc(F)c1.I. The molecule has 0 spiro atoms. The molecule has 0 aliphatic heterocycles. The quantitative estimate of drug-likeness (QED) is 0.280. The van der Waals surface area contributed by atoms with E-state index in [1.165, 1.54) is 12.1 Å².